The van der Waals surface area contributed by atoms with Gasteiger partial charge in [-0.25, -0.2) is 4.79 Å². The van der Waals surface area contributed by atoms with Gasteiger partial charge in [-0.2, -0.15) is 4.98 Å². The molecule has 0 N–H and O–H groups in total. The summed E-state index contributed by atoms with van der Waals surface area (Å²) >= 11 is 0. The van der Waals surface area contributed by atoms with Crippen LogP contribution in [0, 0.1) is 0 Å². The molecule has 0 radical (unpaired) electrons. The van der Waals surface area contributed by atoms with Crippen LogP contribution in [0.5, 0.6) is 0 Å². The number of esters is 1. The fraction of sp³-hybridized carbons (Fsp3) is 0.250. The maximum absolute atomic E-state index is 12.6. The molecule has 0 bridgehead atoms. The number of aromatic nitrogens is 3. The molecule has 24 heavy (non-hydrogen) atoms. The number of carbonyl (C=O) groups is 1. The molecule has 0 atom stereocenters. The first kappa shape index (κ1) is 15.9. The minimum atomic E-state index is -0.493. The highest BCUT2D eigenvalue weighted by Gasteiger charge is 2.12. The van der Waals surface area contributed by atoms with Crippen LogP contribution >= 0.6 is 0 Å². The van der Waals surface area contributed by atoms with Crippen molar-refractivity contribution in [1.82, 2.24) is 14.7 Å². The van der Waals surface area contributed by atoms with Crippen molar-refractivity contribution in [2.45, 2.75) is 13.2 Å². The molecule has 0 aliphatic rings. The fourth-order valence-electron chi connectivity index (χ4n) is 2.34. The summed E-state index contributed by atoms with van der Waals surface area (Å²) in [6, 6.07) is 6.62. The first-order valence-electron chi connectivity index (χ1n) is 7.14. The van der Waals surface area contributed by atoms with Crippen LogP contribution in [0.3, 0.4) is 0 Å². The minimum Gasteiger partial charge on any atom is -0.465 e. The molecule has 0 aliphatic carbocycles. The summed E-state index contributed by atoms with van der Waals surface area (Å²) in [6.07, 6.45) is 1.64. The zero-order valence-electron chi connectivity index (χ0n) is 13.2. The Bertz CT molecular complexity index is 944. The van der Waals surface area contributed by atoms with Crippen molar-refractivity contribution < 1.29 is 18.8 Å². The normalized spacial score (nSPS) is 10.9. The van der Waals surface area contributed by atoms with Gasteiger partial charge in [0.2, 0.25) is 5.89 Å². The third kappa shape index (κ3) is 3.04. The molecule has 0 saturated heterocycles. The van der Waals surface area contributed by atoms with E-state index in [1.807, 2.05) is 0 Å². The number of pyridine rings is 1. The summed E-state index contributed by atoms with van der Waals surface area (Å²) in [4.78, 5) is 28.4. The molecule has 3 aromatic rings. The second-order valence-corrected chi connectivity index (χ2v) is 5.08. The van der Waals surface area contributed by atoms with Gasteiger partial charge in [0.05, 0.1) is 12.7 Å². The standard InChI is InChI=1S/C16H15N3O5/c1-22-9-13-17-14(24-18-13)8-19-6-5-10-3-4-11(16(21)23-2)7-12(10)15(19)20/h3-7H,8-9H2,1-2H3. The second kappa shape index (κ2) is 6.63. The van der Waals surface area contributed by atoms with Crippen LogP contribution in [-0.2, 0) is 22.6 Å². The molecule has 8 nitrogen and oxygen atoms in total. The molecule has 0 saturated carbocycles. The van der Waals surface area contributed by atoms with Crippen LogP contribution < -0.4 is 5.56 Å². The maximum atomic E-state index is 12.6. The highest BCUT2D eigenvalue weighted by Crippen LogP contribution is 2.13. The van der Waals surface area contributed by atoms with Gasteiger partial charge in [0.1, 0.15) is 13.2 Å². The number of hydrogen-bond acceptors (Lipinski definition) is 7. The Balaban J connectivity index is 1.97. The van der Waals surface area contributed by atoms with E-state index >= 15 is 0 Å². The van der Waals surface area contributed by atoms with Crippen molar-refractivity contribution in [1.29, 1.82) is 0 Å². The van der Waals surface area contributed by atoms with Crippen molar-refractivity contribution in [2.24, 2.45) is 0 Å². The predicted octanol–water partition coefficient (Wildman–Crippen LogP) is 1.37. The molecule has 0 aliphatic heterocycles. The molecule has 2 heterocycles. The predicted molar refractivity (Wildman–Crippen MR) is 83.7 cm³/mol. The minimum absolute atomic E-state index is 0.133. The summed E-state index contributed by atoms with van der Waals surface area (Å²) in [5, 5.41) is 4.90. The molecule has 124 valence electrons. The summed E-state index contributed by atoms with van der Waals surface area (Å²) < 4.78 is 16.1. The van der Waals surface area contributed by atoms with Crippen molar-refractivity contribution in [3.8, 4) is 0 Å². The number of nitrogens with zero attached hydrogens (tertiary/aromatic N) is 3. The quantitative estimate of drug-likeness (QED) is 0.652. The van der Waals surface area contributed by atoms with Gasteiger partial charge in [-0.15, -0.1) is 0 Å². The Kier molecular flexibility index (Phi) is 4.39. The molecule has 8 heteroatoms. The highest BCUT2D eigenvalue weighted by atomic mass is 16.5. The van der Waals surface area contributed by atoms with Crippen LogP contribution in [0.4, 0.5) is 0 Å². The monoisotopic (exact) mass is 329 g/mol. The number of fused-ring (bicyclic) bond motifs is 1. The van der Waals surface area contributed by atoms with E-state index in [1.54, 1.807) is 24.4 Å². The van der Waals surface area contributed by atoms with E-state index in [-0.39, 0.29) is 18.7 Å². The van der Waals surface area contributed by atoms with Gasteiger partial charge < -0.3 is 18.6 Å². The van der Waals surface area contributed by atoms with Crippen molar-refractivity contribution in [3.05, 3.63) is 58.1 Å². The van der Waals surface area contributed by atoms with Gasteiger partial charge in [0.25, 0.3) is 5.56 Å². The smallest absolute Gasteiger partial charge is 0.337 e. The van der Waals surface area contributed by atoms with Crippen LogP contribution in [0.1, 0.15) is 22.1 Å². The Hall–Kier alpha value is -3.00. The Morgan fingerprint density at radius 2 is 2.12 bits per heavy atom. The van der Waals surface area contributed by atoms with E-state index < -0.39 is 5.97 Å². The number of benzene rings is 1. The van der Waals surface area contributed by atoms with Crippen molar-refractivity contribution in [2.75, 3.05) is 14.2 Å². The van der Waals surface area contributed by atoms with Gasteiger partial charge in [-0.1, -0.05) is 11.2 Å². The molecule has 0 spiro atoms. The molecule has 2 aromatic heterocycles. The van der Waals surface area contributed by atoms with Crippen molar-refractivity contribution >= 4 is 16.7 Å². The molecule has 0 amide bonds. The average molecular weight is 329 g/mol. The van der Waals surface area contributed by atoms with E-state index in [0.717, 1.165) is 5.39 Å². The highest BCUT2D eigenvalue weighted by molar-refractivity contribution is 5.95. The lowest BCUT2D eigenvalue weighted by Gasteiger charge is -2.06. The number of ether oxygens (including phenoxy) is 2. The number of rotatable bonds is 5. The average Bonchev–Trinajstić information content (AvgIpc) is 3.04. The van der Waals surface area contributed by atoms with Gasteiger partial charge in [-0.05, 0) is 23.6 Å². The lowest BCUT2D eigenvalue weighted by molar-refractivity contribution is 0.0601. The zero-order valence-corrected chi connectivity index (χ0v) is 13.2. The lowest BCUT2D eigenvalue weighted by Crippen LogP contribution is -2.20. The Morgan fingerprint density at radius 3 is 2.88 bits per heavy atom. The van der Waals surface area contributed by atoms with E-state index in [9.17, 15) is 9.59 Å². The van der Waals surface area contributed by atoms with Gasteiger partial charge in [0, 0.05) is 18.7 Å². The van der Waals surface area contributed by atoms with Crippen LogP contribution in [0.2, 0.25) is 0 Å². The molecule has 3 rings (SSSR count). The van der Waals surface area contributed by atoms with E-state index in [0.29, 0.717) is 22.7 Å². The number of carbonyl (C=O) groups excluding carboxylic acids is 1. The Labute approximate surface area is 136 Å². The van der Waals surface area contributed by atoms with Crippen LogP contribution in [0.15, 0.2) is 39.8 Å². The summed E-state index contributed by atoms with van der Waals surface area (Å²) in [5.74, 6) is 0.217. The van der Waals surface area contributed by atoms with E-state index in [2.05, 4.69) is 14.9 Å². The first-order chi connectivity index (χ1) is 11.6. The van der Waals surface area contributed by atoms with E-state index in [1.165, 1.54) is 24.9 Å². The fourth-order valence-corrected chi connectivity index (χ4v) is 2.34. The number of hydrogen-bond donors (Lipinski definition) is 0. The third-order valence-corrected chi connectivity index (χ3v) is 3.49. The Morgan fingerprint density at radius 1 is 1.29 bits per heavy atom. The first-order valence-corrected chi connectivity index (χ1v) is 7.14. The topological polar surface area (TPSA) is 96.5 Å². The van der Waals surface area contributed by atoms with Gasteiger partial charge in [-0.3, -0.25) is 4.79 Å². The van der Waals surface area contributed by atoms with E-state index in [4.69, 9.17) is 9.26 Å². The van der Waals surface area contributed by atoms with Crippen molar-refractivity contribution in [3.63, 3.8) is 0 Å². The molecule has 1 aromatic carbocycles. The molecule has 0 fully saturated rings. The summed E-state index contributed by atoms with van der Waals surface area (Å²) in [7, 11) is 2.83. The van der Waals surface area contributed by atoms with Crippen LogP contribution in [0.25, 0.3) is 10.8 Å². The number of methoxy groups -OCH3 is 2. The second-order valence-electron chi connectivity index (χ2n) is 5.08. The van der Waals surface area contributed by atoms with Crippen LogP contribution in [-0.4, -0.2) is 34.9 Å². The molecular weight excluding hydrogens is 314 g/mol. The third-order valence-electron chi connectivity index (χ3n) is 3.49. The largest absolute Gasteiger partial charge is 0.465 e. The zero-order chi connectivity index (χ0) is 17.1. The molecular formula is C16H15N3O5. The maximum Gasteiger partial charge on any atom is 0.337 e. The van der Waals surface area contributed by atoms with Gasteiger partial charge in [0.15, 0.2) is 5.82 Å². The van der Waals surface area contributed by atoms with Gasteiger partial charge >= 0.3 is 5.97 Å². The SMILES string of the molecule is COCc1noc(Cn2ccc3ccc(C(=O)OC)cc3c2=O)n1. The summed E-state index contributed by atoms with van der Waals surface area (Å²) in [5.41, 5.74) is 0.0600. The molecule has 0 unspecified atom stereocenters. The lowest BCUT2D eigenvalue weighted by atomic mass is 10.1. The summed E-state index contributed by atoms with van der Waals surface area (Å²) in [6.45, 7) is 0.368.